The number of fused-ring (bicyclic) bond motifs is 2. The molecule has 4 rings (SSSR count). The lowest BCUT2D eigenvalue weighted by atomic mass is 9.76. The monoisotopic (exact) mass is 363 g/mol. The molecule has 1 aromatic heterocycles. The SMILES string of the molecule is CC1(C)OB(C(F)=C(c2cccs2)C2CC3CCC(C2)N3)OC1(C)C. The molecule has 0 spiro atoms. The molecule has 3 aliphatic heterocycles. The van der Waals surface area contributed by atoms with Crippen molar-refractivity contribution in [2.24, 2.45) is 5.92 Å². The zero-order valence-electron chi connectivity index (χ0n) is 15.5. The molecule has 2 bridgehead atoms. The van der Waals surface area contributed by atoms with E-state index in [1.807, 2.05) is 45.2 Å². The summed E-state index contributed by atoms with van der Waals surface area (Å²) in [6.45, 7) is 7.87. The molecule has 0 aliphatic carbocycles. The molecule has 3 nitrogen and oxygen atoms in total. The number of hydrogen-bond acceptors (Lipinski definition) is 4. The van der Waals surface area contributed by atoms with Gasteiger partial charge in [0.25, 0.3) is 0 Å². The number of rotatable bonds is 3. The van der Waals surface area contributed by atoms with E-state index in [0.717, 1.165) is 23.3 Å². The maximum atomic E-state index is 15.7. The highest BCUT2D eigenvalue weighted by Crippen LogP contribution is 2.45. The molecular weight excluding hydrogens is 336 g/mol. The van der Waals surface area contributed by atoms with Gasteiger partial charge in [0.2, 0.25) is 0 Å². The van der Waals surface area contributed by atoms with Gasteiger partial charge in [0.05, 0.1) is 11.2 Å². The second-order valence-electron chi connectivity index (χ2n) is 8.63. The second kappa shape index (κ2) is 6.19. The summed E-state index contributed by atoms with van der Waals surface area (Å²) in [6.07, 6.45) is 4.40. The topological polar surface area (TPSA) is 30.5 Å². The fraction of sp³-hybridized carbons (Fsp3) is 0.684. The van der Waals surface area contributed by atoms with Crippen molar-refractivity contribution < 1.29 is 13.7 Å². The van der Waals surface area contributed by atoms with Crippen molar-refractivity contribution in [2.45, 2.75) is 76.7 Å². The van der Waals surface area contributed by atoms with Gasteiger partial charge < -0.3 is 14.6 Å². The first-order valence-corrected chi connectivity index (χ1v) is 10.2. The van der Waals surface area contributed by atoms with Crippen LogP contribution in [0, 0.1) is 5.92 Å². The zero-order chi connectivity index (χ0) is 17.8. The highest BCUT2D eigenvalue weighted by atomic mass is 32.1. The highest BCUT2D eigenvalue weighted by molar-refractivity contribution is 7.11. The molecule has 2 atom stereocenters. The Labute approximate surface area is 154 Å². The molecule has 3 aliphatic rings. The molecule has 3 fully saturated rings. The Balaban J connectivity index is 1.69. The van der Waals surface area contributed by atoms with Gasteiger partial charge in [-0.15, -0.1) is 11.3 Å². The van der Waals surface area contributed by atoms with Crippen LogP contribution in [0.4, 0.5) is 4.39 Å². The van der Waals surface area contributed by atoms with Crippen LogP contribution in [-0.2, 0) is 9.31 Å². The van der Waals surface area contributed by atoms with Crippen LogP contribution in [0.1, 0.15) is 58.3 Å². The summed E-state index contributed by atoms with van der Waals surface area (Å²) < 4.78 is 27.7. The first-order chi connectivity index (χ1) is 11.8. The summed E-state index contributed by atoms with van der Waals surface area (Å²) in [5.41, 5.74) is -0.467. The van der Waals surface area contributed by atoms with Crippen LogP contribution in [0.2, 0.25) is 0 Å². The number of hydrogen-bond donors (Lipinski definition) is 1. The Kier molecular flexibility index (Phi) is 4.38. The maximum Gasteiger partial charge on any atom is 0.525 e. The lowest BCUT2D eigenvalue weighted by molar-refractivity contribution is 0.00578. The van der Waals surface area contributed by atoms with Gasteiger partial charge in [-0.05, 0) is 70.7 Å². The average Bonchev–Trinajstić information content (AvgIpc) is 3.20. The molecule has 136 valence electrons. The fourth-order valence-electron chi connectivity index (χ4n) is 4.31. The third-order valence-corrected chi connectivity index (χ3v) is 7.29. The van der Waals surface area contributed by atoms with E-state index in [9.17, 15) is 0 Å². The van der Waals surface area contributed by atoms with Crippen molar-refractivity contribution in [3.05, 3.63) is 28.1 Å². The van der Waals surface area contributed by atoms with E-state index in [-0.39, 0.29) is 11.6 Å². The minimum absolute atomic E-state index is 0.229. The van der Waals surface area contributed by atoms with Crippen LogP contribution in [-0.4, -0.2) is 30.4 Å². The van der Waals surface area contributed by atoms with Gasteiger partial charge in [0.1, 0.15) is 5.73 Å². The molecule has 0 aromatic carbocycles. The molecule has 2 unspecified atom stereocenters. The third kappa shape index (κ3) is 3.11. The minimum atomic E-state index is -0.908. The number of allylic oxidation sites excluding steroid dienone is 1. The van der Waals surface area contributed by atoms with Crippen LogP contribution in [0.15, 0.2) is 23.2 Å². The number of nitrogens with one attached hydrogen (secondary N) is 1. The van der Waals surface area contributed by atoms with Gasteiger partial charge in [-0.2, -0.15) is 0 Å². The van der Waals surface area contributed by atoms with Crippen LogP contribution < -0.4 is 5.32 Å². The second-order valence-corrected chi connectivity index (χ2v) is 9.58. The maximum absolute atomic E-state index is 15.7. The molecular formula is C19H27BFNO2S. The number of piperidine rings is 1. The van der Waals surface area contributed by atoms with Crippen molar-refractivity contribution in [1.29, 1.82) is 0 Å². The van der Waals surface area contributed by atoms with Crippen molar-refractivity contribution >= 4 is 24.0 Å². The van der Waals surface area contributed by atoms with E-state index in [0.29, 0.717) is 12.1 Å². The van der Waals surface area contributed by atoms with Gasteiger partial charge in [-0.3, -0.25) is 0 Å². The summed E-state index contributed by atoms with van der Waals surface area (Å²) in [4.78, 5) is 1.01. The molecule has 0 saturated carbocycles. The smallest absolute Gasteiger partial charge is 0.398 e. The molecule has 25 heavy (non-hydrogen) atoms. The molecule has 4 heterocycles. The first kappa shape index (κ1) is 17.7. The van der Waals surface area contributed by atoms with Gasteiger partial charge in [0, 0.05) is 22.5 Å². The van der Waals surface area contributed by atoms with E-state index in [1.54, 1.807) is 11.3 Å². The first-order valence-electron chi connectivity index (χ1n) is 9.32. The predicted molar refractivity (Wildman–Crippen MR) is 101 cm³/mol. The van der Waals surface area contributed by atoms with Gasteiger partial charge >= 0.3 is 7.12 Å². The van der Waals surface area contributed by atoms with E-state index in [2.05, 4.69) is 5.32 Å². The van der Waals surface area contributed by atoms with Crippen molar-refractivity contribution in [3.63, 3.8) is 0 Å². The Hall–Kier alpha value is -0.685. The molecule has 0 amide bonds. The van der Waals surface area contributed by atoms with E-state index in [4.69, 9.17) is 9.31 Å². The normalized spacial score (nSPS) is 34.3. The third-order valence-electron chi connectivity index (χ3n) is 6.39. The summed E-state index contributed by atoms with van der Waals surface area (Å²) in [5, 5.41) is 5.67. The van der Waals surface area contributed by atoms with Gasteiger partial charge in [-0.1, -0.05) is 6.07 Å². The van der Waals surface area contributed by atoms with E-state index < -0.39 is 18.3 Å². The Morgan fingerprint density at radius 2 is 1.76 bits per heavy atom. The van der Waals surface area contributed by atoms with Crippen molar-refractivity contribution in [3.8, 4) is 0 Å². The molecule has 1 N–H and O–H groups in total. The predicted octanol–water partition coefficient (Wildman–Crippen LogP) is 4.59. The van der Waals surface area contributed by atoms with Crippen molar-refractivity contribution in [2.75, 3.05) is 0 Å². The average molecular weight is 363 g/mol. The summed E-state index contributed by atoms with van der Waals surface area (Å²) in [6, 6.07) is 5.05. The Morgan fingerprint density at radius 1 is 1.16 bits per heavy atom. The summed E-state index contributed by atoms with van der Waals surface area (Å²) in [7, 11) is -0.908. The fourth-order valence-corrected chi connectivity index (χ4v) is 5.16. The molecule has 3 saturated heterocycles. The van der Waals surface area contributed by atoms with E-state index in [1.165, 1.54) is 12.8 Å². The zero-order valence-corrected chi connectivity index (χ0v) is 16.3. The van der Waals surface area contributed by atoms with E-state index >= 15 is 4.39 Å². The molecule has 6 heteroatoms. The Morgan fingerprint density at radius 3 is 2.28 bits per heavy atom. The number of thiophene rings is 1. The summed E-state index contributed by atoms with van der Waals surface area (Å²) >= 11 is 1.61. The van der Waals surface area contributed by atoms with Gasteiger partial charge in [-0.25, -0.2) is 4.39 Å². The van der Waals surface area contributed by atoms with Crippen LogP contribution in [0.25, 0.3) is 5.57 Å². The molecule has 0 radical (unpaired) electrons. The van der Waals surface area contributed by atoms with Crippen LogP contribution >= 0.6 is 11.3 Å². The van der Waals surface area contributed by atoms with Crippen molar-refractivity contribution in [1.82, 2.24) is 5.32 Å². The minimum Gasteiger partial charge on any atom is -0.398 e. The van der Waals surface area contributed by atoms with Crippen LogP contribution in [0.3, 0.4) is 0 Å². The van der Waals surface area contributed by atoms with Crippen LogP contribution in [0.5, 0.6) is 0 Å². The summed E-state index contributed by atoms with van der Waals surface area (Å²) in [5.74, 6) is 0.233. The number of halogens is 1. The Bertz CT molecular complexity index is 645. The lowest BCUT2D eigenvalue weighted by Crippen LogP contribution is -2.41. The quantitative estimate of drug-likeness (QED) is 0.797. The largest absolute Gasteiger partial charge is 0.525 e. The van der Waals surface area contributed by atoms with Gasteiger partial charge in [0.15, 0.2) is 0 Å². The standard InChI is InChI=1S/C19H27BFNO2S/c1-18(2)19(3,4)24-20(23-18)17(21)16(15-6-5-9-25-15)12-10-13-7-8-14(11-12)22-13/h5-6,9,12-14,22H,7-8,10-11H2,1-4H3. The molecule has 1 aromatic rings. The highest BCUT2D eigenvalue weighted by Gasteiger charge is 2.54. The lowest BCUT2D eigenvalue weighted by Gasteiger charge is -2.32.